The largest absolute Gasteiger partial charge is 0.481 e. The van der Waals surface area contributed by atoms with Gasteiger partial charge in [0.05, 0.1) is 13.0 Å². The van der Waals surface area contributed by atoms with Crippen LogP contribution in [-0.4, -0.2) is 23.7 Å². The number of carboxylic acid groups (broad SMARTS) is 1. The molecular formula is C12H12F2O4. The lowest BCUT2D eigenvalue weighted by atomic mass is 10.0. The zero-order valence-electron chi connectivity index (χ0n) is 9.65. The van der Waals surface area contributed by atoms with E-state index in [1.807, 2.05) is 0 Å². The Morgan fingerprint density at radius 3 is 2.61 bits per heavy atom. The van der Waals surface area contributed by atoms with Crippen LogP contribution in [0.3, 0.4) is 0 Å². The molecule has 1 aromatic rings. The first-order valence-corrected chi connectivity index (χ1v) is 5.24. The first-order valence-electron chi connectivity index (χ1n) is 5.24. The standard InChI is InChI=1S/C12H12F2O4/c1-2-18-11(17)12(13,14)9-5-3-4-8(6-9)7-10(15)16/h3-6H,2,7H2,1H3,(H,15,16). The van der Waals surface area contributed by atoms with Gasteiger partial charge in [0, 0.05) is 5.56 Å². The molecule has 1 aromatic carbocycles. The third-order valence-corrected chi connectivity index (χ3v) is 2.18. The van der Waals surface area contributed by atoms with E-state index < -0.39 is 23.4 Å². The number of alkyl halides is 2. The molecule has 0 spiro atoms. The Morgan fingerprint density at radius 1 is 1.39 bits per heavy atom. The van der Waals surface area contributed by atoms with Crippen molar-refractivity contribution in [1.82, 2.24) is 0 Å². The minimum absolute atomic E-state index is 0.150. The van der Waals surface area contributed by atoms with E-state index in [-0.39, 0.29) is 18.6 Å². The third-order valence-electron chi connectivity index (χ3n) is 2.18. The van der Waals surface area contributed by atoms with Gasteiger partial charge in [-0.15, -0.1) is 0 Å². The zero-order chi connectivity index (χ0) is 13.8. The lowest BCUT2D eigenvalue weighted by Crippen LogP contribution is -2.28. The van der Waals surface area contributed by atoms with Crippen LogP contribution in [0.5, 0.6) is 0 Å². The molecule has 6 heteroatoms. The van der Waals surface area contributed by atoms with Crippen LogP contribution >= 0.6 is 0 Å². The minimum Gasteiger partial charge on any atom is -0.481 e. The molecule has 0 atom stereocenters. The Morgan fingerprint density at radius 2 is 2.06 bits per heavy atom. The molecule has 0 aliphatic heterocycles. The summed E-state index contributed by atoms with van der Waals surface area (Å²) in [6.07, 6.45) is -0.382. The molecule has 0 fully saturated rings. The smallest absolute Gasteiger partial charge is 0.381 e. The number of rotatable bonds is 5. The SMILES string of the molecule is CCOC(=O)C(F)(F)c1cccc(CC(=O)O)c1. The van der Waals surface area contributed by atoms with Crippen molar-refractivity contribution in [2.75, 3.05) is 6.61 Å². The first kappa shape index (κ1) is 14.1. The fourth-order valence-corrected chi connectivity index (χ4v) is 1.39. The molecule has 0 radical (unpaired) electrons. The summed E-state index contributed by atoms with van der Waals surface area (Å²) < 4.78 is 31.5. The van der Waals surface area contributed by atoms with Gasteiger partial charge in [0.25, 0.3) is 0 Å². The summed E-state index contributed by atoms with van der Waals surface area (Å²) in [5, 5.41) is 8.57. The summed E-state index contributed by atoms with van der Waals surface area (Å²) in [6, 6.07) is 4.73. The maximum Gasteiger partial charge on any atom is 0.381 e. The fourth-order valence-electron chi connectivity index (χ4n) is 1.39. The van der Waals surface area contributed by atoms with E-state index >= 15 is 0 Å². The van der Waals surface area contributed by atoms with Crippen LogP contribution in [0.2, 0.25) is 0 Å². The van der Waals surface area contributed by atoms with Crippen LogP contribution in [0.4, 0.5) is 8.78 Å². The Labute approximate surface area is 102 Å². The highest BCUT2D eigenvalue weighted by atomic mass is 19.3. The number of carbonyl (C=O) groups is 2. The van der Waals surface area contributed by atoms with E-state index in [9.17, 15) is 18.4 Å². The Kier molecular flexibility index (Phi) is 4.36. The fraction of sp³-hybridized carbons (Fsp3) is 0.333. The maximum atomic E-state index is 13.6. The van der Waals surface area contributed by atoms with Gasteiger partial charge >= 0.3 is 17.9 Å². The van der Waals surface area contributed by atoms with Gasteiger partial charge < -0.3 is 9.84 Å². The van der Waals surface area contributed by atoms with Crippen molar-refractivity contribution >= 4 is 11.9 Å². The van der Waals surface area contributed by atoms with E-state index in [1.165, 1.54) is 19.1 Å². The van der Waals surface area contributed by atoms with Crippen molar-refractivity contribution < 1.29 is 28.2 Å². The number of hydrogen-bond donors (Lipinski definition) is 1. The second-order valence-corrected chi connectivity index (χ2v) is 3.57. The second kappa shape index (κ2) is 5.57. The summed E-state index contributed by atoms with van der Waals surface area (Å²) in [6.45, 7) is 1.28. The van der Waals surface area contributed by atoms with Gasteiger partial charge in [0.15, 0.2) is 0 Å². The highest BCUT2D eigenvalue weighted by Crippen LogP contribution is 2.30. The van der Waals surface area contributed by atoms with Crippen molar-refractivity contribution in [3.63, 3.8) is 0 Å². The molecule has 0 amide bonds. The molecule has 98 valence electrons. The van der Waals surface area contributed by atoms with E-state index in [0.29, 0.717) is 0 Å². The molecule has 1 rings (SSSR count). The molecule has 4 nitrogen and oxygen atoms in total. The summed E-state index contributed by atoms with van der Waals surface area (Å²) in [7, 11) is 0. The lowest BCUT2D eigenvalue weighted by molar-refractivity contribution is -0.173. The quantitative estimate of drug-likeness (QED) is 0.820. The monoisotopic (exact) mass is 258 g/mol. The Balaban J connectivity index is 3.01. The summed E-state index contributed by atoms with van der Waals surface area (Å²) in [5.74, 6) is -6.55. The van der Waals surface area contributed by atoms with Crippen molar-refractivity contribution in [3.8, 4) is 0 Å². The van der Waals surface area contributed by atoms with Crippen molar-refractivity contribution in [3.05, 3.63) is 35.4 Å². The molecule has 0 aliphatic carbocycles. The van der Waals surface area contributed by atoms with Crippen LogP contribution in [0.25, 0.3) is 0 Å². The predicted octanol–water partition coefficient (Wildman–Crippen LogP) is 1.97. The van der Waals surface area contributed by atoms with Gasteiger partial charge in [-0.1, -0.05) is 18.2 Å². The second-order valence-electron chi connectivity index (χ2n) is 3.57. The van der Waals surface area contributed by atoms with E-state index in [2.05, 4.69) is 4.74 Å². The van der Waals surface area contributed by atoms with Crippen LogP contribution in [0.1, 0.15) is 18.1 Å². The van der Waals surface area contributed by atoms with Gasteiger partial charge in [-0.3, -0.25) is 4.79 Å². The molecule has 0 unspecified atom stereocenters. The summed E-state index contributed by atoms with van der Waals surface area (Å²) in [5.41, 5.74) is -0.372. The Bertz CT molecular complexity index is 457. The van der Waals surface area contributed by atoms with Crippen molar-refractivity contribution in [2.24, 2.45) is 0 Å². The normalized spacial score (nSPS) is 11.1. The minimum atomic E-state index is -3.77. The molecule has 0 heterocycles. The van der Waals surface area contributed by atoms with E-state index in [0.717, 1.165) is 12.1 Å². The topological polar surface area (TPSA) is 63.6 Å². The predicted molar refractivity (Wildman–Crippen MR) is 58.3 cm³/mol. The number of carbonyl (C=O) groups excluding carboxylic acids is 1. The molecule has 0 saturated carbocycles. The Hall–Kier alpha value is -1.98. The first-order chi connectivity index (χ1) is 8.37. The molecular weight excluding hydrogens is 246 g/mol. The number of halogens is 2. The van der Waals surface area contributed by atoms with Gasteiger partial charge in [-0.05, 0) is 18.6 Å². The number of benzene rings is 1. The van der Waals surface area contributed by atoms with Crippen LogP contribution in [0.15, 0.2) is 24.3 Å². The van der Waals surface area contributed by atoms with Crippen LogP contribution in [-0.2, 0) is 26.7 Å². The summed E-state index contributed by atoms with van der Waals surface area (Å²) >= 11 is 0. The van der Waals surface area contributed by atoms with Gasteiger partial charge in [-0.25, -0.2) is 4.79 Å². The van der Waals surface area contributed by atoms with Crippen molar-refractivity contribution in [2.45, 2.75) is 19.3 Å². The van der Waals surface area contributed by atoms with Crippen LogP contribution < -0.4 is 0 Å². The molecule has 0 aliphatic rings. The number of aliphatic carboxylic acids is 1. The highest BCUT2D eigenvalue weighted by Gasteiger charge is 2.42. The molecule has 0 bridgehead atoms. The summed E-state index contributed by atoms with van der Waals surface area (Å²) in [4.78, 5) is 21.6. The number of hydrogen-bond acceptors (Lipinski definition) is 3. The van der Waals surface area contributed by atoms with Crippen molar-refractivity contribution in [1.29, 1.82) is 0 Å². The highest BCUT2D eigenvalue weighted by molar-refractivity contribution is 5.79. The zero-order valence-corrected chi connectivity index (χ0v) is 9.65. The lowest BCUT2D eigenvalue weighted by Gasteiger charge is -2.15. The van der Waals surface area contributed by atoms with Gasteiger partial charge in [0.1, 0.15) is 0 Å². The molecule has 18 heavy (non-hydrogen) atoms. The average molecular weight is 258 g/mol. The third kappa shape index (κ3) is 3.26. The van der Waals surface area contributed by atoms with E-state index in [4.69, 9.17) is 5.11 Å². The maximum absolute atomic E-state index is 13.6. The number of carboxylic acids is 1. The number of esters is 1. The molecule has 0 aromatic heterocycles. The molecule has 0 saturated heterocycles. The van der Waals surface area contributed by atoms with Gasteiger partial charge in [-0.2, -0.15) is 8.78 Å². The van der Waals surface area contributed by atoms with Gasteiger partial charge in [0.2, 0.25) is 0 Å². The number of ether oxygens (including phenoxy) is 1. The van der Waals surface area contributed by atoms with E-state index in [1.54, 1.807) is 0 Å². The molecule has 1 N–H and O–H groups in total. The average Bonchev–Trinajstić information content (AvgIpc) is 2.28. The van der Waals surface area contributed by atoms with Crippen LogP contribution in [0, 0.1) is 0 Å².